The molecule has 34 heavy (non-hydrogen) atoms. The zero-order chi connectivity index (χ0) is 24.3. The molecular formula is C30H30N2O2. The third kappa shape index (κ3) is 4.94. The van der Waals surface area contributed by atoms with Crippen LogP contribution in [-0.4, -0.2) is 23.0 Å². The minimum atomic E-state index is -0.337. The number of benzene rings is 2. The van der Waals surface area contributed by atoms with Crippen LogP contribution in [0.4, 0.5) is 0 Å². The molecule has 0 aliphatic heterocycles. The van der Waals surface area contributed by atoms with Gasteiger partial charge in [0.25, 0.3) is 0 Å². The van der Waals surface area contributed by atoms with Gasteiger partial charge >= 0.3 is 5.97 Å². The lowest BCUT2D eigenvalue weighted by Crippen LogP contribution is -2.34. The van der Waals surface area contributed by atoms with Gasteiger partial charge < -0.3 is 4.74 Å². The zero-order valence-electron chi connectivity index (χ0n) is 20.5. The number of ether oxygens (including phenoxy) is 1. The van der Waals surface area contributed by atoms with E-state index in [0.29, 0.717) is 11.4 Å². The van der Waals surface area contributed by atoms with E-state index in [4.69, 9.17) is 4.74 Å². The van der Waals surface area contributed by atoms with E-state index in [1.165, 1.54) is 18.2 Å². The van der Waals surface area contributed by atoms with E-state index in [2.05, 4.69) is 67.7 Å². The van der Waals surface area contributed by atoms with Crippen LogP contribution < -0.4 is 0 Å². The lowest BCUT2D eigenvalue weighted by molar-refractivity contribution is 0.0600. The number of hydrogen-bond donors (Lipinski definition) is 0. The highest BCUT2D eigenvalue weighted by molar-refractivity contribution is 5.89. The number of nitrogens with zero attached hydrogens (tertiary/aromatic N) is 2. The van der Waals surface area contributed by atoms with Crippen LogP contribution in [0.1, 0.15) is 84.5 Å². The van der Waals surface area contributed by atoms with E-state index in [1.54, 1.807) is 30.6 Å². The maximum atomic E-state index is 11.7. The van der Waals surface area contributed by atoms with Crippen LogP contribution in [0.15, 0.2) is 54.9 Å². The molecule has 4 nitrogen and oxygen atoms in total. The molecule has 0 amide bonds. The SMILES string of the molecule is COC(=O)c1ccc(C=Cc2cc3c(cc2C#Cc2ncccn2)C(C)(C)CCC3(C)C)cc1. The van der Waals surface area contributed by atoms with Crippen molar-refractivity contribution in [1.82, 2.24) is 9.97 Å². The van der Waals surface area contributed by atoms with Gasteiger partial charge in [-0.3, -0.25) is 0 Å². The highest BCUT2D eigenvalue weighted by atomic mass is 16.5. The third-order valence-electron chi connectivity index (χ3n) is 6.68. The first-order valence-corrected chi connectivity index (χ1v) is 11.5. The molecule has 0 saturated carbocycles. The fourth-order valence-electron chi connectivity index (χ4n) is 4.40. The standard InChI is InChI=1S/C30H30N2O2/c1-29(2)15-16-30(3,4)26-20-24(13-14-27-31-17-6-18-32-27)23(19-25(26)29)12-9-21-7-10-22(11-8-21)28(33)34-5/h6-12,17-20H,15-16H2,1-5H3. The van der Waals surface area contributed by atoms with E-state index in [0.717, 1.165) is 29.5 Å². The molecule has 0 spiro atoms. The Labute approximate surface area is 202 Å². The molecule has 1 aliphatic rings. The maximum absolute atomic E-state index is 11.7. The second kappa shape index (κ2) is 9.27. The van der Waals surface area contributed by atoms with Gasteiger partial charge in [-0.2, -0.15) is 0 Å². The van der Waals surface area contributed by atoms with Crippen molar-refractivity contribution >= 4 is 18.1 Å². The molecular weight excluding hydrogens is 420 g/mol. The first kappa shape index (κ1) is 23.4. The van der Waals surface area contributed by atoms with Crippen molar-refractivity contribution in [2.24, 2.45) is 0 Å². The molecule has 4 rings (SSSR count). The number of methoxy groups -OCH3 is 1. The van der Waals surface area contributed by atoms with E-state index in [1.807, 2.05) is 18.2 Å². The van der Waals surface area contributed by atoms with E-state index < -0.39 is 0 Å². The monoisotopic (exact) mass is 450 g/mol. The Hall–Kier alpha value is -3.71. The number of aromatic nitrogens is 2. The Morgan fingerprint density at radius 1 is 0.912 bits per heavy atom. The summed E-state index contributed by atoms with van der Waals surface area (Å²) in [6.45, 7) is 9.28. The molecule has 1 aromatic heterocycles. The summed E-state index contributed by atoms with van der Waals surface area (Å²) in [6, 6.07) is 13.7. The molecule has 0 bridgehead atoms. The summed E-state index contributed by atoms with van der Waals surface area (Å²) in [6.07, 6.45) is 9.84. The normalized spacial score (nSPS) is 15.8. The number of esters is 1. The van der Waals surface area contributed by atoms with Crippen LogP contribution in [0.5, 0.6) is 0 Å². The average molecular weight is 451 g/mol. The van der Waals surface area contributed by atoms with Gasteiger partial charge in [0.05, 0.1) is 12.7 Å². The fourth-order valence-corrected chi connectivity index (χ4v) is 4.40. The van der Waals surface area contributed by atoms with Gasteiger partial charge in [-0.25, -0.2) is 14.8 Å². The Morgan fingerprint density at radius 2 is 1.53 bits per heavy atom. The number of carbonyl (C=O) groups is 1. The van der Waals surface area contributed by atoms with Gasteiger partial charge in [-0.1, -0.05) is 57.9 Å². The highest BCUT2D eigenvalue weighted by Gasteiger charge is 2.37. The van der Waals surface area contributed by atoms with Crippen LogP contribution in [0, 0.1) is 11.8 Å². The predicted octanol–water partition coefficient (Wildman–Crippen LogP) is 6.18. The van der Waals surface area contributed by atoms with E-state index >= 15 is 0 Å². The van der Waals surface area contributed by atoms with Crippen molar-refractivity contribution in [1.29, 1.82) is 0 Å². The van der Waals surface area contributed by atoms with E-state index in [-0.39, 0.29) is 16.8 Å². The zero-order valence-corrected chi connectivity index (χ0v) is 20.5. The molecule has 0 unspecified atom stereocenters. The molecule has 172 valence electrons. The van der Waals surface area contributed by atoms with Gasteiger partial charge in [0, 0.05) is 18.0 Å². The second-order valence-corrected chi connectivity index (χ2v) is 10.0. The largest absolute Gasteiger partial charge is 0.465 e. The van der Waals surface area contributed by atoms with Gasteiger partial charge in [0.2, 0.25) is 5.82 Å². The molecule has 0 N–H and O–H groups in total. The average Bonchev–Trinajstić information content (AvgIpc) is 2.84. The van der Waals surface area contributed by atoms with Gasteiger partial charge in [0.15, 0.2) is 0 Å². The molecule has 2 aromatic carbocycles. The number of carbonyl (C=O) groups excluding carboxylic acids is 1. The van der Waals surface area contributed by atoms with Crippen LogP contribution in [0.3, 0.4) is 0 Å². The Bertz CT molecular complexity index is 1290. The second-order valence-electron chi connectivity index (χ2n) is 10.0. The van der Waals surface area contributed by atoms with Crippen LogP contribution in [0.25, 0.3) is 12.2 Å². The van der Waals surface area contributed by atoms with Gasteiger partial charge in [-0.05, 0) is 82.2 Å². The molecule has 4 heteroatoms. The fraction of sp³-hybridized carbons (Fsp3) is 0.300. The summed E-state index contributed by atoms with van der Waals surface area (Å²) in [5.41, 5.74) is 6.49. The molecule has 0 atom stereocenters. The minimum Gasteiger partial charge on any atom is -0.465 e. The third-order valence-corrected chi connectivity index (χ3v) is 6.68. The predicted molar refractivity (Wildman–Crippen MR) is 136 cm³/mol. The summed E-state index contributed by atoms with van der Waals surface area (Å²) < 4.78 is 4.79. The lowest BCUT2D eigenvalue weighted by atomic mass is 9.62. The Balaban J connectivity index is 1.79. The highest BCUT2D eigenvalue weighted by Crippen LogP contribution is 2.46. The van der Waals surface area contributed by atoms with Crippen molar-refractivity contribution in [3.05, 3.63) is 94.1 Å². The minimum absolute atomic E-state index is 0.0937. The summed E-state index contributed by atoms with van der Waals surface area (Å²) >= 11 is 0. The van der Waals surface area contributed by atoms with Crippen LogP contribution >= 0.6 is 0 Å². The number of hydrogen-bond acceptors (Lipinski definition) is 4. The van der Waals surface area contributed by atoms with Gasteiger partial charge in [-0.15, -0.1) is 0 Å². The molecule has 0 radical (unpaired) electrons. The Morgan fingerprint density at radius 3 is 2.15 bits per heavy atom. The molecule has 0 fully saturated rings. The topological polar surface area (TPSA) is 52.1 Å². The number of rotatable bonds is 3. The quantitative estimate of drug-likeness (QED) is 0.272. The molecule has 1 heterocycles. The van der Waals surface area contributed by atoms with Gasteiger partial charge in [0.1, 0.15) is 0 Å². The summed E-state index contributed by atoms with van der Waals surface area (Å²) in [4.78, 5) is 20.2. The van der Waals surface area contributed by atoms with Crippen molar-refractivity contribution in [2.75, 3.05) is 7.11 Å². The van der Waals surface area contributed by atoms with E-state index in [9.17, 15) is 4.79 Å². The van der Waals surface area contributed by atoms with Crippen molar-refractivity contribution in [2.45, 2.75) is 51.4 Å². The molecule has 3 aromatic rings. The van der Waals surface area contributed by atoms with Crippen LogP contribution in [-0.2, 0) is 15.6 Å². The first-order chi connectivity index (χ1) is 16.2. The number of fused-ring (bicyclic) bond motifs is 1. The summed E-state index contributed by atoms with van der Waals surface area (Å²) in [5, 5.41) is 0. The van der Waals surface area contributed by atoms with Crippen molar-refractivity contribution in [3.63, 3.8) is 0 Å². The van der Waals surface area contributed by atoms with Crippen molar-refractivity contribution < 1.29 is 9.53 Å². The first-order valence-electron chi connectivity index (χ1n) is 11.5. The smallest absolute Gasteiger partial charge is 0.337 e. The summed E-state index contributed by atoms with van der Waals surface area (Å²) in [7, 11) is 1.39. The van der Waals surface area contributed by atoms with Crippen LogP contribution in [0.2, 0.25) is 0 Å². The Kier molecular flexibility index (Phi) is 6.39. The molecule has 0 saturated heterocycles. The molecule has 1 aliphatic carbocycles. The maximum Gasteiger partial charge on any atom is 0.337 e. The van der Waals surface area contributed by atoms with Crippen molar-refractivity contribution in [3.8, 4) is 11.8 Å². The lowest BCUT2D eigenvalue weighted by Gasteiger charge is -2.42. The summed E-state index contributed by atoms with van der Waals surface area (Å²) in [5.74, 6) is 6.62.